The van der Waals surface area contributed by atoms with Crippen molar-refractivity contribution in [2.75, 3.05) is 26.2 Å². The number of hydrogen-bond acceptors (Lipinski definition) is 4. The maximum absolute atomic E-state index is 13.8. The molecule has 196 valence electrons. The normalized spacial score (nSPS) is 23.3. The molecular weight excluding hydrogens is 477 g/mol. The summed E-state index contributed by atoms with van der Waals surface area (Å²) in [4.78, 5) is 42.6. The Morgan fingerprint density at radius 2 is 1.97 bits per heavy atom. The smallest absolute Gasteiger partial charge is 0.376 e. The van der Waals surface area contributed by atoms with Gasteiger partial charge in [-0.15, -0.1) is 0 Å². The van der Waals surface area contributed by atoms with Crippen LogP contribution >= 0.6 is 0 Å². The van der Waals surface area contributed by atoms with Crippen molar-refractivity contribution >= 4 is 17.8 Å². The summed E-state index contributed by atoms with van der Waals surface area (Å²) in [5.74, 6) is -1.20. The first kappa shape index (κ1) is 26.0. The quantitative estimate of drug-likeness (QED) is 0.592. The Morgan fingerprint density at radius 3 is 2.58 bits per heavy atom. The molecule has 1 saturated heterocycles. The third kappa shape index (κ3) is 4.80. The highest BCUT2D eigenvalue weighted by Crippen LogP contribution is 2.42. The first-order valence-corrected chi connectivity index (χ1v) is 12.2. The van der Waals surface area contributed by atoms with Gasteiger partial charge in [-0.25, -0.2) is 4.79 Å². The molecule has 0 aliphatic carbocycles. The molecule has 1 aromatic carbocycles. The van der Waals surface area contributed by atoms with E-state index in [0.717, 1.165) is 18.9 Å². The molecule has 0 unspecified atom stereocenters. The lowest BCUT2D eigenvalue weighted by atomic mass is 9.91. The molecular formula is C25H31F3N4O4. The Morgan fingerprint density at radius 1 is 1.25 bits per heavy atom. The minimum Gasteiger partial charge on any atom is -0.376 e. The van der Waals surface area contributed by atoms with Crippen LogP contribution in [0.15, 0.2) is 35.5 Å². The molecule has 11 heteroatoms. The number of benzene rings is 1. The summed E-state index contributed by atoms with van der Waals surface area (Å²) in [7, 11) is 0. The molecule has 0 saturated carbocycles. The van der Waals surface area contributed by atoms with Gasteiger partial charge in [-0.05, 0) is 37.3 Å². The lowest BCUT2D eigenvalue weighted by Crippen LogP contribution is -2.52. The van der Waals surface area contributed by atoms with E-state index in [0.29, 0.717) is 18.8 Å². The molecule has 36 heavy (non-hydrogen) atoms. The summed E-state index contributed by atoms with van der Waals surface area (Å²) in [6, 6.07) is 2.17. The highest BCUT2D eigenvalue weighted by Gasteiger charge is 2.49. The number of likely N-dealkylation sites (N-methyl/N-ethyl adjacent to an activating group) is 1. The lowest BCUT2D eigenvalue weighted by Gasteiger charge is -2.33. The Labute approximate surface area is 207 Å². The maximum Gasteiger partial charge on any atom is 0.416 e. The van der Waals surface area contributed by atoms with E-state index in [-0.39, 0.29) is 42.2 Å². The van der Waals surface area contributed by atoms with Crippen molar-refractivity contribution < 1.29 is 32.3 Å². The van der Waals surface area contributed by atoms with Crippen molar-refractivity contribution in [3.05, 3.63) is 46.7 Å². The van der Waals surface area contributed by atoms with Crippen LogP contribution in [0.5, 0.6) is 0 Å². The van der Waals surface area contributed by atoms with Crippen molar-refractivity contribution in [1.29, 1.82) is 0 Å². The zero-order chi connectivity index (χ0) is 26.2. The van der Waals surface area contributed by atoms with Gasteiger partial charge >= 0.3 is 12.2 Å². The van der Waals surface area contributed by atoms with Crippen molar-refractivity contribution in [2.45, 2.75) is 58.0 Å². The van der Waals surface area contributed by atoms with Crippen LogP contribution < -0.4 is 10.6 Å². The summed E-state index contributed by atoms with van der Waals surface area (Å²) >= 11 is 0. The Hall–Kier alpha value is -3.08. The summed E-state index contributed by atoms with van der Waals surface area (Å²) in [6.45, 7) is 6.46. The number of alkyl halides is 3. The molecule has 1 aromatic rings. The van der Waals surface area contributed by atoms with Crippen molar-refractivity contribution in [1.82, 2.24) is 20.4 Å². The van der Waals surface area contributed by atoms with Gasteiger partial charge in [0.2, 0.25) is 5.91 Å². The molecule has 3 aliphatic rings. The van der Waals surface area contributed by atoms with Crippen LogP contribution in [-0.4, -0.2) is 66.0 Å². The fourth-order valence-electron chi connectivity index (χ4n) is 5.24. The van der Waals surface area contributed by atoms with Crippen LogP contribution in [0, 0.1) is 5.92 Å². The largest absolute Gasteiger partial charge is 0.416 e. The van der Waals surface area contributed by atoms with Gasteiger partial charge in [0.25, 0.3) is 5.91 Å². The molecule has 0 radical (unpaired) electrons. The van der Waals surface area contributed by atoms with Crippen LogP contribution in [-0.2, 0) is 20.5 Å². The standard InChI is InChI=1S/C25H31F3N4O4/c1-4-31-18-13-32(21(14(2)3)22(33)29-12-15-8-7-11-36-15)23(34)19(18)20(30-24(31)35)16-9-5-6-10-17(16)25(26,27)28/h5-6,9-10,14-15,20-21H,4,7-8,11-13H2,1-3H3,(H,29,33)(H,30,35)/t15-,20-,21-/m0/s1. The molecule has 2 N–H and O–H groups in total. The Kier molecular flexibility index (Phi) is 7.31. The SMILES string of the molecule is CCN1C(=O)N[C@@H](c2ccccc2C(F)(F)F)C2=C1CN([C@H](C(=O)NC[C@@H]1CCCO1)C(C)C)C2=O. The second-order valence-corrected chi connectivity index (χ2v) is 9.57. The number of rotatable bonds is 7. The molecule has 3 heterocycles. The van der Waals surface area contributed by atoms with E-state index in [1.165, 1.54) is 28.0 Å². The number of urea groups is 1. The second kappa shape index (κ2) is 10.1. The molecule has 3 atom stereocenters. The van der Waals surface area contributed by atoms with E-state index in [4.69, 9.17) is 4.74 Å². The molecule has 0 aromatic heterocycles. The van der Waals surface area contributed by atoms with E-state index >= 15 is 0 Å². The molecule has 4 amide bonds. The molecule has 0 bridgehead atoms. The highest BCUT2D eigenvalue weighted by molar-refractivity contribution is 6.03. The fourth-order valence-corrected chi connectivity index (χ4v) is 5.24. The first-order chi connectivity index (χ1) is 17.0. The third-order valence-electron chi connectivity index (χ3n) is 6.91. The van der Waals surface area contributed by atoms with Gasteiger partial charge < -0.3 is 20.3 Å². The zero-order valence-electron chi connectivity index (χ0n) is 20.5. The number of nitrogens with zero attached hydrogens (tertiary/aromatic N) is 2. The predicted molar refractivity (Wildman–Crippen MR) is 124 cm³/mol. The third-order valence-corrected chi connectivity index (χ3v) is 6.91. The van der Waals surface area contributed by atoms with E-state index in [9.17, 15) is 27.6 Å². The van der Waals surface area contributed by atoms with E-state index in [2.05, 4.69) is 10.6 Å². The second-order valence-electron chi connectivity index (χ2n) is 9.57. The minimum absolute atomic E-state index is 0.0453. The maximum atomic E-state index is 13.8. The zero-order valence-corrected chi connectivity index (χ0v) is 20.5. The van der Waals surface area contributed by atoms with Crippen LogP contribution in [0.3, 0.4) is 0 Å². The van der Waals surface area contributed by atoms with Crippen LogP contribution in [0.25, 0.3) is 0 Å². The van der Waals surface area contributed by atoms with Gasteiger partial charge in [-0.2, -0.15) is 13.2 Å². The molecule has 8 nitrogen and oxygen atoms in total. The number of hydrogen-bond donors (Lipinski definition) is 2. The van der Waals surface area contributed by atoms with Gasteiger partial charge in [0.1, 0.15) is 6.04 Å². The van der Waals surface area contributed by atoms with Crippen LogP contribution in [0.2, 0.25) is 0 Å². The van der Waals surface area contributed by atoms with Gasteiger partial charge in [0, 0.05) is 19.7 Å². The lowest BCUT2D eigenvalue weighted by molar-refractivity contribution is -0.139. The van der Waals surface area contributed by atoms with Crippen molar-refractivity contribution in [3.63, 3.8) is 0 Å². The van der Waals surface area contributed by atoms with E-state index < -0.39 is 35.8 Å². The predicted octanol–water partition coefficient (Wildman–Crippen LogP) is 3.21. The summed E-state index contributed by atoms with van der Waals surface area (Å²) in [5.41, 5.74) is -0.745. The summed E-state index contributed by atoms with van der Waals surface area (Å²) in [5, 5.41) is 5.46. The number of nitrogens with one attached hydrogen (secondary N) is 2. The number of carbonyl (C=O) groups is 3. The van der Waals surface area contributed by atoms with Crippen molar-refractivity contribution in [3.8, 4) is 0 Å². The first-order valence-electron chi connectivity index (χ1n) is 12.2. The average molecular weight is 509 g/mol. The minimum atomic E-state index is -4.67. The average Bonchev–Trinajstić information content (AvgIpc) is 3.45. The number of ether oxygens (including phenoxy) is 1. The van der Waals surface area contributed by atoms with Gasteiger partial charge in [-0.1, -0.05) is 32.0 Å². The van der Waals surface area contributed by atoms with Gasteiger partial charge in [-0.3, -0.25) is 14.5 Å². The number of amides is 4. The molecule has 3 aliphatic heterocycles. The summed E-state index contributed by atoms with van der Waals surface area (Å²) < 4.78 is 47.0. The molecule has 0 spiro atoms. The molecule has 4 rings (SSSR count). The topological polar surface area (TPSA) is 91.0 Å². The van der Waals surface area contributed by atoms with Crippen LogP contribution in [0.1, 0.15) is 50.8 Å². The van der Waals surface area contributed by atoms with E-state index in [1.807, 2.05) is 0 Å². The summed E-state index contributed by atoms with van der Waals surface area (Å²) in [6.07, 6.45) is -2.99. The van der Waals surface area contributed by atoms with Crippen LogP contribution in [0.4, 0.5) is 18.0 Å². The number of carbonyl (C=O) groups excluding carboxylic acids is 3. The highest BCUT2D eigenvalue weighted by atomic mass is 19.4. The Bertz CT molecular complexity index is 1070. The fraction of sp³-hybridized carbons (Fsp3) is 0.560. The van der Waals surface area contributed by atoms with Crippen molar-refractivity contribution in [2.24, 2.45) is 5.92 Å². The monoisotopic (exact) mass is 508 g/mol. The van der Waals surface area contributed by atoms with Gasteiger partial charge in [0.15, 0.2) is 0 Å². The van der Waals surface area contributed by atoms with Gasteiger partial charge in [0.05, 0.1) is 35.5 Å². The number of halogens is 3. The molecule has 1 fully saturated rings. The Balaban J connectivity index is 1.68. The van der Waals surface area contributed by atoms with E-state index in [1.54, 1.807) is 20.8 Å².